The van der Waals surface area contributed by atoms with E-state index in [4.69, 9.17) is 9.47 Å². The molecule has 1 rings (SSSR count). The van der Waals surface area contributed by atoms with Crippen molar-refractivity contribution in [3.63, 3.8) is 0 Å². The number of hydrogen-bond acceptors (Lipinski definition) is 4. The summed E-state index contributed by atoms with van der Waals surface area (Å²) in [5.74, 6) is 1.50. The number of guanidine groups is 1. The zero-order valence-electron chi connectivity index (χ0n) is 16.8. The third kappa shape index (κ3) is 8.09. The van der Waals surface area contributed by atoms with E-state index in [0.717, 1.165) is 11.3 Å². The quantitative estimate of drug-likeness (QED) is 0.575. The first-order valence-corrected chi connectivity index (χ1v) is 8.84. The largest absolute Gasteiger partial charge is 0.497 e. The SMILES string of the molecule is CCN(CCNC(=NC)NCc1cccc(OC)c1)C(=O)OC(C)(C)C. The van der Waals surface area contributed by atoms with Crippen LogP contribution < -0.4 is 15.4 Å². The van der Waals surface area contributed by atoms with Crippen LogP contribution in [0.5, 0.6) is 5.75 Å². The van der Waals surface area contributed by atoms with Gasteiger partial charge in [0.25, 0.3) is 0 Å². The van der Waals surface area contributed by atoms with E-state index in [-0.39, 0.29) is 6.09 Å². The molecule has 0 aromatic heterocycles. The molecule has 1 aromatic rings. The molecular formula is C19H32N4O3. The second kappa shape index (κ2) is 10.5. The van der Waals surface area contributed by atoms with E-state index in [1.165, 1.54) is 0 Å². The van der Waals surface area contributed by atoms with Gasteiger partial charge >= 0.3 is 6.09 Å². The number of nitrogens with zero attached hydrogens (tertiary/aromatic N) is 2. The van der Waals surface area contributed by atoms with Gasteiger partial charge in [0.2, 0.25) is 0 Å². The van der Waals surface area contributed by atoms with Gasteiger partial charge in [-0.1, -0.05) is 12.1 Å². The van der Waals surface area contributed by atoms with Crippen molar-refractivity contribution in [1.82, 2.24) is 15.5 Å². The number of benzene rings is 1. The summed E-state index contributed by atoms with van der Waals surface area (Å²) >= 11 is 0. The summed E-state index contributed by atoms with van der Waals surface area (Å²) in [7, 11) is 3.36. The fourth-order valence-electron chi connectivity index (χ4n) is 2.20. The molecule has 146 valence electrons. The Bertz CT molecular complexity index is 597. The normalized spacial score (nSPS) is 11.7. The van der Waals surface area contributed by atoms with Crippen molar-refractivity contribution in [3.8, 4) is 5.75 Å². The average molecular weight is 364 g/mol. The highest BCUT2D eigenvalue weighted by atomic mass is 16.6. The van der Waals surface area contributed by atoms with Crippen molar-refractivity contribution in [2.75, 3.05) is 33.8 Å². The summed E-state index contributed by atoms with van der Waals surface area (Å²) in [4.78, 5) is 18.0. The number of aliphatic imine (C=N–C) groups is 1. The molecule has 0 saturated carbocycles. The summed E-state index contributed by atoms with van der Waals surface area (Å²) < 4.78 is 10.6. The molecular weight excluding hydrogens is 332 g/mol. The van der Waals surface area contributed by atoms with E-state index in [9.17, 15) is 4.79 Å². The summed E-state index contributed by atoms with van der Waals surface area (Å²) in [5.41, 5.74) is 0.600. The zero-order chi connectivity index (χ0) is 19.6. The molecule has 0 saturated heterocycles. The number of amides is 1. The van der Waals surface area contributed by atoms with E-state index >= 15 is 0 Å². The zero-order valence-corrected chi connectivity index (χ0v) is 16.8. The van der Waals surface area contributed by atoms with Crippen LogP contribution in [0.2, 0.25) is 0 Å². The molecule has 0 bridgehead atoms. The fourth-order valence-corrected chi connectivity index (χ4v) is 2.20. The maximum atomic E-state index is 12.1. The number of ether oxygens (including phenoxy) is 2. The van der Waals surface area contributed by atoms with Crippen LogP contribution in [0.15, 0.2) is 29.3 Å². The lowest BCUT2D eigenvalue weighted by atomic mass is 10.2. The van der Waals surface area contributed by atoms with Crippen molar-refractivity contribution >= 4 is 12.1 Å². The molecule has 7 heteroatoms. The van der Waals surface area contributed by atoms with Crippen LogP contribution in [0.1, 0.15) is 33.3 Å². The average Bonchev–Trinajstić information content (AvgIpc) is 2.59. The predicted octanol–water partition coefficient (Wildman–Crippen LogP) is 2.62. The molecule has 7 nitrogen and oxygen atoms in total. The summed E-state index contributed by atoms with van der Waals surface area (Å²) in [5, 5.41) is 6.45. The molecule has 0 aliphatic carbocycles. The maximum absolute atomic E-state index is 12.1. The van der Waals surface area contributed by atoms with Gasteiger partial charge in [-0.3, -0.25) is 4.99 Å². The Balaban J connectivity index is 2.44. The molecule has 0 atom stereocenters. The van der Waals surface area contributed by atoms with Gasteiger partial charge in [0.15, 0.2) is 5.96 Å². The van der Waals surface area contributed by atoms with Crippen molar-refractivity contribution in [2.45, 2.75) is 39.8 Å². The van der Waals surface area contributed by atoms with E-state index in [1.54, 1.807) is 19.1 Å². The molecule has 0 aliphatic heterocycles. The van der Waals surface area contributed by atoms with Gasteiger partial charge in [0.1, 0.15) is 11.4 Å². The van der Waals surface area contributed by atoms with Crippen LogP contribution in [0.3, 0.4) is 0 Å². The molecule has 0 radical (unpaired) electrons. The Morgan fingerprint density at radius 1 is 1.27 bits per heavy atom. The molecule has 2 N–H and O–H groups in total. The number of carbonyl (C=O) groups is 1. The van der Waals surface area contributed by atoms with E-state index < -0.39 is 5.60 Å². The highest BCUT2D eigenvalue weighted by Crippen LogP contribution is 2.12. The van der Waals surface area contributed by atoms with Crippen molar-refractivity contribution in [2.24, 2.45) is 4.99 Å². The number of rotatable bonds is 7. The van der Waals surface area contributed by atoms with Gasteiger partial charge < -0.3 is 25.0 Å². The topological polar surface area (TPSA) is 75.2 Å². The van der Waals surface area contributed by atoms with Gasteiger partial charge in [-0.15, -0.1) is 0 Å². The standard InChI is InChI=1S/C19H32N4O3/c1-7-23(18(24)26-19(2,3)4)12-11-21-17(20-5)22-14-15-9-8-10-16(13-15)25-6/h8-10,13H,7,11-12,14H2,1-6H3,(H2,20,21,22). The Hall–Kier alpha value is -2.44. The van der Waals surface area contributed by atoms with E-state index in [1.807, 2.05) is 52.0 Å². The number of likely N-dealkylation sites (N-methyl/N-ethyl adjacent to an activating group) is 1. The second-order valence-electron chi connectivity index (χ2n) is 6.76. The summed E-state index contributed by atoms with van der Waals surface area (Å²) in [6.45, 7) is 9.84. The summed E-state index contributed by atoms with van der Waals surface area (Å²) in [6.07, 6.45) is -0.305. The lowest BCUT2D eigenvalue weighted by Gasteiger charge is -2.26. The van der Waals surface area contributed by atoms with Gasteiger partial charge in [-0.2, -0.15) is 0 Å². The molecule has 0 spiro atoms. The molecule has 0 unspecified atom stereocenters. The highest BCUT2D eigenvalue weighted by Gasteiger charge is 2.20. The maximum Gasteiger partial charge on any atom is 0.410 e. The molecule has 0 fully saturated rings. The lowest BCUT2D eigenvalue weighted by molar-refractivity contribution is 0.0264. The Morgan fingerprint density at radius 3 is 2.58 bits per heavy atom. The Morgan fingerprint density at radius 2 is 2.00 bits per heavy atom. The Labute approximate surface area is 156 Å². The van der Waals surface area contributed by atoms with Crippen LogP contribution in [-0.4, -0.2) is 56.3 Å². The first-order chi connectivity index (χ1) is 12.3. The molecule has 0 heterocycles. The fraction of sp³-hybridized carbons (Fsp3) is 0.579. The second-order valence-corrected chi connectivity index (χ2v) is 6.76. The number of hydrogen-bond donors (Lipinski definition) is 2. The molecule has 0 aliphatic rings. The third-order valence-electron chi connectivity index (χ3n) is 3.53. The predicted molar refractivity (Wildman–Crippen MR) is 105 cm³/mol. The minimum Gasteiger partial charge on any atom is -0.497 e. The third-order valence-corrected chi connectivity index (χ3v) is 3.53. The highest BCUT2D eigenvalue weighted by molar-refractivity contribution is 5.79. The minimum absolute atomic E-state index is 0.305. The van der Waals surface area contributed by atoms with Gasteiger partial charge in [0, 0.05) is 33.2 Å². The van der Waals surface area contributed by atoms with Gasteiger partial charge in [-0.05, 0) is 45.4 Å². The molecule has 26 heavy (non-hydrogen) atoms. The smallest absolute Gasteiger partial charge is 0.410 e. The minimum atomic E-state index is -0.494. The van der Waals surface area contributed by atoms with Crippen LogP contribution in [0, 0.1) is 0 Å². The van der Waals surface area contributed by atoms with Gasteiger partial charge in [0.05, 0.1) is 7.11 Å². The number of methoxy groups -OCH3 is 1. The first kappa shape index (κ1) is 21.6. The monoisotopic (exact) mass is 364 g/mol. The Kier molecular flexibility index (Phi) is 8.75. The van der Waals surface area contributed by atoms with E-state index in [2.05, 4.69) is 15.6 Å². The van der Waals surface area contributed by atoms with Crippen molar-refractivity contribution in [3.05, 3.63) is 29.8 Å². The van der Waals surface area contributed by atoms with E-state index in [0.29, 0.717) is 32.1 Å². The number of nitrogens with one attached hydrogen (secondary N) is 2. The summed E-state index contributed by atoms with van der Waals surface area (Å²) in [6, 6.07) is 7.85. The van der Waals surface area contributed by atoms with Gasteiger partial charge in [-0.25, -0.2) is 4.79 Å². The molecule has 1 amide bonds. The van der Waals surface area contributed by atoms with Crippen LogP contribution in [-0.2, 0) is 11.3 Å². The van der Waals surface area contributed by atoms with Crippen LogP contribution in [0.25, 0.3) is 0 Å². The van der Waals surface area contributed by atoms with Crippen molar-refractivity contribution in [1.29, 1.82) is 0 Å². The van der Waals surface area contributed by atoms with Crippen molar-refractivity contribution < 1.29 is 14.3 Å². The molecule has 1 aromatic carbocycles. The number of carbonyl (C=O) groups excluding carboxylic acids is 1. The van der Waals surface area contributed by atoms with Crippen LogP contribution >= 0.6 is 0 Å². The van der Waals surface area contributed by atoms with Crippen LogP contribution in [0.4, 0.5) is 4.79 Å². The lowest BCUT2D eigenvalue weighted by Crippen LogP contribution is -2.44. The first-order valence-electron chi connectivity index (χ1n) is 8.84.